The average Bonchev–Trinajstić information content (AvgIpc) is 2.88. The largest absolute Gasteiger partial charge is 0.452 e. The minimum Gasteiger partial charge on any atom is -0.452 e. The number of hydrogen-bond acceptors (Lipinski definition) is 5. The van der Waals surface area contributed by atoms with E-state index in [0.29, 0.717) is 17.8 Å². The van der Waals surface area contributed by atoms with Crippen molar-refractivity contribution in [2.24, 2.45) is 0 Å². The number of aromatic nitrogens is 1. The summed E-state index contributed by atoms with van der Waals surface area (Å²) in [5.74, 6) is -0.869. The highest BCUT2D eigenvalue weighted by Gasteiger charge is 2.27. The summed E-state index contributed by atoms with van der Waals surface area (Å²) in [5.41, 5.74) is 5.96. The van der Waals surface area contributed by atoms with Gasteiger partial charge in [-0.3, -0.25) is 14.7 Å². The van der Waals surface area contributed by atoms with Crippen molar-refractivity contribution in [3.63, 3.8) is 0 Å². The first-order chi connectivity index (χ1) is 17.5. The molecule has 0 bridgehead atoms. The molecule has 6 nitrogen and oxygen atoms in total. The number of pyridine rings is 1. The molecule has 0 radical (unpaired) electrons. The Bertz CT molecular complexity index is 1440. The van der Waals surface area contributed by atoms with Crippen LogP contribution in [-0.2, 0) is 29.0 Å². The highest BCUT2D eigenvalue weighted by molar-refractivity contribution is 14.1. The van der Waals surface area contributed by atoms with Crippen LogP contribution in [0.25, 0.3) is 10.9 Å². The molecule has 36 heavy (non-hydrogen) atoms. The molecule has 7 heteroatoms. The number of fused-ring (bicyclic) bond motifs is 2. The van der Waals surface area contributed by atoms with E-state index >= 15 is 0 Å². The van der Waals surface area contributed by atoms with Crippen molar-refractivity contribution in [3.05, 3.63) is 104 Å². The number of halogens is 1. The van der Waals surface area contributed by atoms with Crippen LogP contribution in [0.4, 0.5) is 5.69 Å². The Kier molecular flexibility index (Phi) is 7.29. The topological polar surface area (TPSA) is 71.5 Å². The van der Waals surface area contributed by atoms with Gasteiger partial charge >= 0.3 is 5.97 Å². The maximum Gasteiger partial charge on any atom is 0.339 e. The van der Waals surface area contributed by atoms with Gasteiger partial charge in [0.05, 0.1) is 11.1 Å². The van der Waals surface area contributed by atoms with Gasteiger partial charge in [-0.05, 0) is 64.9 Å². The zero-order chi connectivity index (χ0) is 25.1. The Hall–Kier alpha value is -3.30. The van der Waals surface area contributed by atoms with E-state index in [0.717, 1.165) is 50.8 Å². The first kappa shape index (κ1) is 24.4. The van der Waals surface area contributed by atoms with Gasteiger partial charge in [-0.2, -0.15) is 0 Å². The number of carbonyl (C=O) groups is 2. The van der Waals surface area contributed by atoms with Gasteiger partial charge in [0.25, 0.3) is 5.91 Å². The molecule has 1 amide bonds. The second-order valence-corrected chi connectivity index (χ2v) is 10.2. The number of hydrogen-bond donors (Lipinski definition) is 1. The second kappa shape index (κ2) is 10.8. The minimum absolute atomic E-state index is 0.358. The van der Waals surface area contributed by atoms with Crippen molar-refractivity contribution in [1.82, 2.24) is 9.88 Å². The van der Waals surface area contributed by atoms with E-state index in [-0.39, 0.29) is 12.5 Å². The number of carbonyl (C=O) groups excluding carboxylic acids is 2. The lowest BCUT2D eigenvalue weighted by atomic mass is 9.95. The van der Waals surface area contributed by atoms with Crippen LogP contribution in [-0.4, -0.2) is 34.9 Å². The number of amides is 1. The van der Waals surface area contributed by atoms with Crippen LogP contribution in [0.1, 0.15) is 32.7 Å². The minimum atomic E-state index is -0.499. The van der Waals surface area contributed by atoms with Gasteiger partial charge in [-0.25, -0.2) is 4.79 Å². The molecule has 2 heterocycles. The molecular weight excluding hydrogens is 565 g/mol. The summed E-state index contributed by atoms with van der Waals surface area (Å²) in [5, 5.41) is 3.58. The number of aryl methyl sites for hydroxylation is 1. The van der Waals surface area contributed by atoms with E-state index in [1.54, 1.807) is 0 Å². The number of benzene rings is 3. The van der Waals surface area contributed by atoms with Gasteiger partial charge in [-0.15, -0.1) is 0 Å². The van der Waals surface area contributed by atoms with Crippen molar-refractivity contribution in [2.45, 2.75) is 26.4 Å². The lowest BCUT2D eigenvalue weighted by Gasteiger charge is -2.30. The Morgan fingerprint density at radius 3 is 2.64 bits per heavy atom. The number of esters is 1. The lowest BCUT2D eigenvalue weighted by Crippen LogP contribution is -2.32. The molecule has 182 valence electrons. The van der Waals surface area contributed by atoms with Crippen LogP contribution in [0.5, 0.6) is 0 Å². The fourth-order valence-corrected chi connectivity index (χ4v) is 5.26. The van der Waals surface area contributed by atoms with Crippen LogP contribution in [0, 0.1) is 10.5 Å². The second-order valence-electron chi connectivity index (χ2n) is 8.96. The lowest BCUT2D eigenvalue weighted by molar-refractivity contribution is -0.119. The molecule has 0 spiro atoms. The maximum atomic E-state index is 13.4. The van der Waals surface area contributed by atoms with Gasteiger partial charge in [0.2, 0.25) is 0 Å². The van der Waals surface area contributed by atoms with E-state index in [2.05, 4.69) is 44.9 Å². The summed E-state index contributed by atoms with van der Waals surface area (Å²) in [6, 6.07) is 23.7. The predicted molar refractivity (Wildman–Crippen MR) is 149 cm³/mol. The molecule has 0 unspecified atom stereocenters. The maximum absolute atomic E-state index is 13.4. The molecule has 1 aliphatic rings. The third-order valence-corrected chi connectivity index (χ3v) is 7.05. The molecule has 0 fully saturated rings. The highest BCUT2D eigenvalue weighted by atomic mass is 127. The predicted octanol–water partition coefficient (Wildman–Crippen LogP) is 5.50. The van der Waals surface area contributed by atoms with E-state index in [9.17, 15) is 9.59 Å². The molecule has 1 aliphatic heterocycles. The van der Waals surface area contributed by atoms with Crippen LogP contribution in [0.3, 0.4) is 0 Å². The van der Waals surface area contributed by atoms with Gasteiger partial charge < -0.3 is 10.1 Å². The molecule has 0 atom stereocenters. The van der Waals surface area contributed by atoms with E-state index in [1.807, 2.05) is 67.6 Å². The molecular formula is C29H26IN3O3. The van der Waals surface area contributed by atoms with Crippen LogP contribution in [0.2, 0.25) is 0 Å². The number of ether oxygens (including phenoxy) is 1. The zero-order valence-electron chi connectivity index (χ0n) is 20.0. The normalized spacial score (nSPS) is 13.3. The van der Waals surface area contributed by atoms with E-state index < -0.39 is 5.97 Å². The number of para-hydroxylation sites is 1. The molecule has 0 saturated carbocycles. The number of rotatable bonds is 6. The van der Waals surface area contributed by atoms with Gasteiger partial charge in [0, 0.05) is 52.0 Å². The smallest absolute Gasteiger partial charge is 0.339 e. The Balaban J connectivity index is 1.37. The third-order valence-electron chi connectivity index (χ3n) is 6.38. The molecule has 4 aromatic rings. The van der Waals surface area contributed by atoms with Gasteiger partial charge in [0.1, 0.15) is 0 Å². The Morgan fingerprint density at radius 2 is 1.83 bits per heavy atom. The van der Waals surface area contributed by atoms with Crippen molar-refractivity contribution in [2.75, 3.05) is 18.5 Å². The molecule has 0 aliphatic carbocycles. The SMILES string of the molecule is Cc1cc(I)ccc1NC(=O)COC(=O)c1c2c(nc3ccccc13)CCN(Cc1ccccc1)C2. The van der Waals surface area contributed by atoms with Crippen LogP contribution >= 0.6 is 22.6 Å². The summed E-state index contributed by atoms with van der Waals surface area (Å²) in [7, 11) is 0. The van der Waals surface area contributed by atoms with Crippen LogP contribution < -0.4 is 5.32 Å². The summed E-state index contributed by atoms with van der Waals surface area (Å²) < 4.78 is 6.64. The summed E-state index contributed by atoms with van der Waals surface area (Å²) in [4.78, 5) is 33.2. The Labute approximate surface area is 223 Å². The van der Waals surface area contributed by atoms with Crippen molar-refractivity contribution < 1.29 is 14.3 Å². The monoisotopic (exact) mass is 591 g/mol. The summed E-state index contributed by atoms with van der Waals surface area (Å²) in [6.45, 7) is 3.82. The average molecular weight is 591 g/mol. The van der Waals surface area contributed by atoms with Crippen molar-refractivity contribution >= 4 is 51.1 Å². The van der Waals surface area contributed by atoms with Gasteiger partial charge in [0.15, 0.2) is 6.61 Å². The third kappa shape index (κ3) is 5.42. The van der Waals surface area contributed by atoms with E-state index in [1.165, 1.54) is 5.56 Å². The van der Waals surface area contributed by atoms with E-state index in [4.69, 9.17) is 9.72 Å². The fraction of sp³-hybridized carbons (Fsp3) is 0.207. The fourth-order valence-electron chi connectivity index (χ4n) is 4.61. The van der Waals surface area contributed by atoms with Crippen molar-refractivity contribution in [3.8, 4) is 0 Å². The van der Waals surface area contributed by atoms with Gasteiger partial charge in [-0.1, -0.05) is 48.5 Å². The first-order valence-corrected chi connectivity index (χ1v) is 13.0. The quantitative estimate of drug-likeness (QED) is 0.237. The number of anilines is 1. The standard InChI is InChI=1S/C29H26IN3O3/c1-19-15-21(30)11-12-24(19)32-27(34)18-36-29(35)28-22-9-5-6-10-25(22)31-26-13-14-33(17-23(26)28)16-20-7-3-2-4-8-20/h2-12,15H,13-14,16-18H2,1H3,(H,32,34). The molecule has 0 saturated heterocycles. The Morgan fingerprint density at radius 1 is 1.06 bits per heavy atom. The summed E-state index contributed by atoms with van der Waals surface area (Å²) >= 11 is 2.23. The number of nitrogens with zero attached hydrogens (tertiary/aromatic N) is 2. The summed E-state index contributed by atoms with van der Waals surface area (Å²) in [6.07, 6.45) is 0.750. The molecule has 3 aromatic carbocycles. The van der Waals surface area contributed by atoms with Crippen LogP contribution in [0.15, 0.2) is 72.8 Å². The highest BCUT2D eigenvalue weighted by Crippen LogP contribution is 2.29. The number of nitrogens with one attached hydrogen (secondary N) is 1. The van der Waals surface area contributed by atoms with Crippen molar-refractivity contribution in [1.29, 1.82) is 0 Å². The zero-order valence-corrected chi connectivity index (χ0v) is 22.1. The molecule has 1 aromatic heterocycles. The first-order valence-electron chi connectivity index (χ1n) is 11.9. The molecule has 5 rings (SSSR count). The molecule has 1 N–H and O–H groups in total.